The van der Waals surface area contributed by atoms with Crippen molar-refractivity contribution in [2.45, 2.75) is 39.3 Å². The van der Waals surface area contributed by atoms with E-state index in [0.29, 0.717) is 36.5 Å². The molecule has 1 amide bonds. The number of carbonyl (C=O) groups excluding carboxylic acids is 1. The second-order valence-electron chi connectivity index (χ2n) is 10.7. The fourth-order valence-electron chi connectivity index (χ4n) is 4.63. The number of methoxy groups -OCH3 is 1. The Balaban J connectivity index is 1.23. The van der Waals surface area contributed by atoms with E-state index in [9.17, 15) is 9.18 Å². The Bertz CT molecular complexity index is 1470. The van der Waals surface area contributed by atoms with Gasteiger partial charge in [0, 0.05) is 62.7 Å². The van der Waals surface area contributed by atoms with Gasteiger partial charge in [0.1, 0.15) is 17.2 Å². The van der Waals surface area contributed by atoms with Crippen molar-refractivity contribution in [3.8, 4) is 17.0 Å². The molecule has 1 aliphatic rings. The maximum atomic E-state index is 14.4. The SMILES string of the molecule is COc1cc(-c2ccc3nc(Cc4cc(CN5CCN(C(=O)OC(C)(C)C)CC5)ccn4)[nH]c3c2)c(F)cn1. The Morgan fingerprint density at radius 3 is 2.62 bits per heavy atom. The van der Waals surface area contributed by atoms with Gasteiger partial charge in [-0.1, -0.05) is 6.07 Å². The molecule has 204 valence electrons. The third kappa shape index (κ3) is 6.51. The molecule has 1 N–H and O–H groups in total. The lowest BCUT2D eigenvalue weighted by Gasteiger charge is -2.35. The highest BCUT2D eigenvalue weighted by atomic mass is 19.1. The molecule has 0 unspecified atom stereocenters. The third-order valence-corrected chi connectivity index (χ3v) is 6.54. The van der Waals surface area contributed by atoms with Crippen LogP contribution in [0.5, 0.6) is 5.88 Å². The molecule has 10 heteroatoms. The lowest BCUT2D eigenvalue weighted by Crippen LogP contribution is -2.49. The normalized spacial score (nSPS) is 14.5. The predicted octanol–water partition coefficient (Wildman–Crippen LogP) is 4.81. The van der Waals surface area contributed by atoms with Crippen LogP contribution in [0.3, 0.4) is 0 Å². The van der Waals surface area contributed by atoms with Crippen LogP contribution in [0, 0.1) is 5.82 Å². The number of piperazine rings is 1. The predicted molar refractivity (Wildman–Crippen MR) is 146 cm³/mol. The van der Waals surface area contributed by atoms with E-state index in [0.717, 1.165) is 53.9 Å². The number of nitrogens with one attached hydrogen (secondary N) is 1. The highest BCUT2D eigenvalue weighted by Gasteiger charge is 2.26. The highest BCUT2D eigenvalue weighted by molar-refractivity contribution is 5.82. The molecule has 4 heterocycles. The van der Waals surface area contributed by atoms with Crippen molar-refractivity contribution in [2.24, 2.45) is 0 Å². The van der Waals surface area contributed by atoms with Crippen molar-refractivity contribution >= 4 is 17.1 Å². The monoisotopic (exact) mass is 532 g/mol. The molecular weight excluding hydrogens is 499 g/mol. The number of ether oxygens (including phenoxy) is 2. The summed E-state index contributed by atoms with van der Waals surface area (Å²) in [5.41, 5.74) is 4.32. The van der Waals surface area contributed by atoms with Crippen LogP contribution in [0.2, 0.25) is 0 Å². The van der Waals surface area contributed by atoms with Crippen LogP contribution in [-0.2, 0) is 17.7 Å². The standard InChI is InChI=1S/C29H33FN6O3/c1-29(2,3)39-28(37)36-11-9-35(10-12-36)18-19-7-8-31-21(13-19)15-26-33-24-6-5-20(14-25(24)34-26)22-16-27(38-4)32-17-23(22)30/h5-8,13-14,16-17H,9-12,15,18H2,1-4H3,(H,33,34). The molecule has 0 aliphatic carbocycles. The van der Waals surface area contributed by atoms with E-state index in [1.807, 2.05) is 51.2 Å². The number of aromatic amines is 1. The van der Waals surface area contributed by atoms with E-state index in [-0.39, 0.29) is 6.09 Å². The first-order valence-electron chi connectivity index (χ1n) is 13.0. The summed E-state index contributed by atoms with van der Waals surface area (Å²) in [4.78, 5) is 33.0. The number of nitrogens with zero attached hydrogens (tertiary/aromatic N) is 5. The second kappa shape index (κ2) is 11.0. The number of hydrogen-bond donors (Lipinski definition) is 1. The number of rotatable bonds is 6. The fraction of sp³-hybridized carbons (Fsp3) is 0.379. The topological polar surface area (TPSA) is 96.5 Å². The number of pyridine rings is 2. The first kappa shape index (κ1) is 26.6. The number of hydrogen-bond acceptors (Lipinski definition) is 7. The van der Waals surface area contributed by atoms with Crippen molar-refractivity contribution in [3.63, 3.8) is 0 Å². The van der Waals surface area contributed by atoms with E-state index in [2.05, 4.69) is 25.9 Å². The average Bonchev–Trinajstić information content (AvgIpc) is 3.30. The fourth-order valence-corrected chi connectivity index (χ4v) is 4.63. The van der Waals surface area contributed by atoms with Crippen LogP contribution in [0.15, 0.2) is 48.8 Å². The minimum atomic E-state index is -0.491. The number of carbonyl (C=O) groups is 1. The van der Waals surface area contributed by atoms with Gasteiger partial charge in [-0.25, -0.2) is 19.2 Å². The smallest absolute Gasteiger partial charge is 0.410 e. The van der Waals surface area contributed by atoms with Gasteiger partial charge in [0.15, 0.2) is 0 Å². The largest absolute Gasteiger partial charge is 0.481 e. The average molecular weight is 533 g/mol. The summed E-state index contributed by atoms with van der Waals surface area (Å²) in [6, 6.07) is 11.3. The Morgan fingerprint density at radius 2 is 1.87 bits per heavy atom. The maximum absolute atomic E-state index is 14.4. The number of halogens is 1. The minimum absolute atomic E-state index is 0.253. The quantitative estimate of drug-likeness (QED) is 0.381. The van der Waals surface area contributed by atoms with E-state index in [1.54, 1.807) is 11.0 Å². The van der Waals surface area contributed by atoms with Crippen LogP contribution in [0.1, 0.15) is 37.9 Å². The molecule has 0 saturated carbocycles. The molecule has 0 bridgehead atoms. The molecule has 39 heavy (non-hydrogen) atoms. The summed E-state index contributed by atoms with van der Waals surface area (Å²) in [6.07, 6.45) is 3.27. The Hall–Kier alpha value is -4.05. The Morgan fingerprint density at radius 1 is 1.08 bits per heavy atom. The molecule has 0 radical (unpaired) electrons. The van der Waals surface area contributed by atoms with Gasteiger partial charge in [0.2, 0.25) is 5.88 Å². The second-order valence-corrected chi connectivity index (χ2v) is 10.7. The zero-order chi connectivity index (χ0) is 27.6. The van der Waals surface area contributed by atoms with Gasteiger partial charge in [-0.15, -0.1) is 0 Å². The molecule has 0 spiro atoms. The van der Waals surface area contributed by atoms with Crippen LogP contribution < -0.4 is 4.74 Å². The Labute approximate surface area is 227 Å². The lowest BCUT2D eigenvalue weighted by atomic mass is 10.1. The molecular formula is C29H33FN6O3. The summed E-state index contributed by atoms with van der Waals surface area (Å²) in [5.74, 6) is 0.723. The minimum Gasteiger partial charge on any atom is -0.481 e. The van der Waals surface area contributed by atoms with Crippen LogP contribution in [0.4, 0.5) is 9.18 Å². The van der Waals surface area contributed by atoms with Gasteiger partial charge in [0.05, 0.1) is 24.3 Å². The zero-order valence-corrected chi connectivity index (χ0v) is 22.7. The van der Waals surface area contributed by atoms with Gasteiger partial charge >= 0.3 is 6.09 Å². The van der Waals surface area contributed by atoms with Gasteiger partial charge in [-0.05, 0) is 56.2 Å². The van der Waals surface area contributed by atoms with Crippen molar-refractivity contribution in [1.29, 1.82) is 0 Å². The van der Waals surface area contributed by atoms with E-state index in [4.69, 9.17) is 14.5 Å². The van der Waals surface area contributed by atoms with E-state index in [1.165, 1.54) is 7.11 Å². The number of imidazole rings is 1. The van der Waals surface area contributed by atoms with Gasteiger partial charge < -0.3 is 19.4 Å². The van der Waals surface area contributed by atoms with E-state index < -0.39 is 11.4 Å². The lowest BCUT2D eigenvalue weighted by molar-refractivity contribution is 0.0139. The third-order valence-electron chi connectivity index (χ3n) is 6.54. The van der Waals surface area contributed by atoms with Crippen molar-refractivity contribution in [2.75, 3.05) is 33.3 Å². The molecule has 1 aromatic carbocycles. The van der Waals surface area contributed by atoms with Crippen molar-refractivity contribution in [3.05, 3.63) is 71.7 Å². The molecule has 3 aromatic heterocycles. The van der Waals surface area contributed by atoms with Gasteiger partial charge in [0.25, 0.3) is 0 Å². The van der Waals surface area contributed by atoms with Gasteiger partial charge in [-0.2, -0.15) is 0 Å². The molecule has 1 saturated heterocycles. The maximum Gasteiger partial charge on any atom is 0.410 e. The molecule has 5 rings (SSSR count). The number of aromatic nitrogens is 4. The highest BCUT2D eigenvalue weighted by Crippen LogP contribution is 2.28. The van der Waals surface area contributed by atoms with Crippen molar-refractivity contribution < 1.29 is 18.7 Å². The summed E-state index contributed by atoms with van der Waals surface area (Å²) in [5, 5.41) is 0. The summed E-state index contributed by atoms with van der Waals surface area (Å²) >= 11 is 0. The summed E-state index contributed by atoms with van der Waals surface area (Å²) in [6.45, 7) is 9.28. The summed E-state index contributed by atoms with van der Waals surface area (Å²) in [7, 11) is 1.50. The van der Waals surface area contributed by atoms with Crippen LogP contribution in [-0.4, -0.2) is 74.7 Å². The zero-order valence-electron chi connectivity index (χ0n) is 22.7. The number of fused-ring (bicyclic) bond motifs is 1. The first-order valence-corrected chi connectivity index (χ1v) is 13.0. The van der Waals surface area contributed by atoms with Gasteiger partial charge in [-0.3, -0.25) is 9.88 Å². The molecule has 9 nitrogen and oxygen atoms in total. The number of benzene rings is 1. The number of H-pyrrole nitrogens is 1. The van der Waals surface area contributed by atoms with E-state index >= 15 is 0 Å². The van der Waals surface area contributed by atoms with Crippen molar-refractivity contribution in [1.82, 2.24) is 29.7 Å². The Kier molecular flexibility index (Phi) is 7.47. The number of amides is 1. The molecule has 4 aromatic rings. The van der Waals surface area contributed by atoms with Crippen LogP contribution >= 0.6 is 0 Å². The van der Waals surface area contributed by atoms with Crippen LogP contribution in [0.25, 0.3) is 22.2 Å². The molecule has 0 atom stereocenters. The first-order chi connectivity index (χ1) is 18.7. The molecule has 1 fully saturated rings. The molecule has 1 aliphatic heterocycles. The summed E-state index contributed by atoms with van der Waals surface area (Å²) < 4.78 is 25.1.